The van der Waals surface area contributed by atoms with Crippen molar-refractivity contribution < 1.29 is 0 Å². The molecule has 94 valence electrons. The van der Waals surface area contributed by atoms with E-state index in [-0.39, 0.29) is 0 Å². The molecule has 1 saturated carbocycles. The molecule has 0 aliphatic heterocycles. The van der Waals surface area contributed by atoms with Crippen molar-refractivity contribution in [2.24, 2.45) is 5.92 Å². The van der Waals surface area contributed by atoms with Gasteiger partial charge in [0, 0.05) is 10.9 Å². The van der Waals surface area contributed by atoms with Gasteiger partial charge < -0.3 is 5.32 Å². The van der Waals surface area contributed by atoms with Gasteiger partial charge in [0.25, 0.3) is 0 Å². The van der Waals surface area contributed by atoms with Crippen LogP contribution in [0.3, 0.4) is 0 Å². The summed E-state index contributed by atoms with van der Waals surface area (Å²) < 4.78 is 0. The number of unbranched alkanes of at least 4 members (excludes halogenated alkanes) is 1. The van der Waals surface area contributed by atoms with Crippen molar-refractivity contribution in [1.29, 1.82) is 0 Å². The summed E-state index contributed by atoms with van der Waals surface area (Å²) in [5.74, 6) is 2.24. The first-order chi connectivity index (χ1) is 8.40. The number of hydrogen-bond donors (Lipinski definition) is 1. The Morgan fingerprint density at radius 1 is 1.24 bits per heavy atom. The maximum absolute atomic E-state index is 3.47. The van der Waals surface area contributed by atoms with Gasteiger partial charge in [-0.3, -0.25) is 0 Å². The summed E-state index contributed by atoms with van der Waals surface area (Å²) in [6.45, 7) is 0. The van der Waals surface area contributed by atoms with Crippen molar-refractivity contribution in [3.05, 3.63) is 30.3 Å². The summed E-state index contributed by atoms with van der Waals surface area (Å²) >= 11 is 1.98. The third-order valence-electron chi connectivity index (χ3n) is 3.48. The lowest BCUT2D eigenvalue weighted by molar-refractivity contribution is 0.454. The molecule has 1 N–H and O–H groups in total. The van der Waals surface area contributed by atoms with Crippen LogP contribution < -0.4 is 5.32 Å². The van der Waals surface area contributed by atoms with Crippen LogP contribution in [0, 0.1) is 5.92 Å². The first kappa shape index (κ1) is 13.0. The van der Waals surface area contributed by atoms with Crippen molar-refractivity contribution >= 4 is 11.8 Å². The van der Waals surface area contributed by atoms with E-state index in [1.165, 1.54) is 42.8 Å². The van der Waals surface area contributed by atoms with E-state index in [4.69, 9.17) is 0 Å². The Balaban J connectivity index is 1.54. The predicted octanol–water partition coefficient (Wildman–Crippen LogP) is 3.95. The molecule has 1 aliphatic carbocycles. The number of thioether (sulfide) groups is 1. The van der Waals surface area contributed by atoms with E-state index >= 15 is 0 Å². The Labute approximate surface area is 109 Å². The molecule has 1 aromatic carbocycles. The molecule has 1 fully saturated rings. The summed E-state index contributed by atoms with van der Waals surface area (Å²) in [5.41, 5.74) is 0. The van der Waals surface area contributed by atoms with E-state index in [1.54, 1.807) is 0 Å². The van der Waals surface area contributed by atoms with Crippen LogP contribution in [0.15, 0.2) is 35.2 Å². The van der Waals surface area contributed by atoms with E-state index in [0.29, 0.717) is 0 Å². The number of hydrogen-bond acceptors (Lipinski definition) is 2. The van der Waals surface area contributed by atoms with Gasteiger partial charge in [-0.2, -0.15) is 0 Å². The predicted molar refractivity (Wildman–Crippen MR) is 76.6 cm³/mol. The minimum Gasteiger partial charge on any atom is -0.317 e. The molecule has 0 spiro atoms. The fraction of sp³-hybridized carbons (Fsp3) is 0.600. The molecule has 17 heavy (non-hydrogen) atoms. The molecular formula is C15H23NS. The second-order valence-corrected chi connectivity index (χ2v) is 6.06. The maximum Gasteiger partial charge on any atom is 0.00923 e. The highest BCUT2D eigenvalue weighted by molar-refractivity contribution is 7.99. The Morgan fingerprint density at radius 2 is 2.00 bits per heavy atom. The zero-order valence-corrected chi connectivity index (χ0v) is 11.5. The first-order valence-corrected chi connectivity index (χ1v) is 7.74. The van der Waals surface area contributed by atoms with Gasteiger partial charge in [0.15, 0.2) is 0 Å². The molecular weight excluding hydrogens is 226 g/mol. The normalized spacial score (nSPS) is 17.0. The van der Waals surface area contributed by atoms with Gasteiger partial charge >= 0.3 is 0 Å². The zero-order chi connectivity index (χ0) is 11.9. The van der Waals surface area contributed by atoms with Crippen LogP contribution in [0.25, 0.3) is 0 Å². The molecule has 1 atom stereocenters. The molecule has 1 aliphatic rings. The molecule has 2 heteroatoms. The number of benzene rings is 1. The lowest BCUT2D eigenvalue weighted by Crippen LogP contribution is -2.27. The van der Waals surface area contributed by atoms with E-state index in [9.17, 15) is 0 Å². The minimum atomic E-state index is 0.789. The van der Waals surface area contributed by atoms with Crippen LogP contribution >= 0.6 is 11.8 Å². The average molecular weight is 249 g/mol. The molecule has 1 nitrogen and oxygen atoms in total. The fourth-order valence-electron chi connectivity index (χ4n) is 2.29. The molecule has 1 aromatic rings. The summed E-state index contributed by atoms with van der Waals surface area (Å²) in [5, 5.41) is 3.47. The van der Waals surface area contributed by atoms with Crippen molar-refractivity contribution in [1.82, 2.24) is 5.32 Å². The number of nitrogens with one attached hydrogen (secondary N) is 1. The highest BCUT2D eigenvalue weighted by Crippen LogP contribution is 2.34. The third-order valence-corrected chi connectivity index (χ3v) is 4.58. The highest BCUT2D eigenvalue weighted by Gasteiger charge is 2.29. The van der Waals surface area contributed by atoms with Gasteiger partial charge in [0.2, 0.25) is 0 Å². The molecule has 0 saturated heterocycles. The van der Waals surface area contributed by atoms with E-state index in [0.717, 1.165) is 12.0 Å². The Kier molecular flexibility index (Phi) is 5.40. The van der Waals surface area contributed by atoms with Gasteiger partial charge in [-0.1, -0.05) is 24.6 Å². The highest BCUT2D eigenvalue weighted by atomic mass is 32.2. The molecule has 1 unspecified atom stereocenters. The summed E-state index contributed by atoms with van der Waals surface area (Å²) in [6, 6.07) is 11.5. The van der Waals surface area contributed by atoms with Crippen molar-refractivity contribution in [3.63, 3.8) is 0 Å². The summed E-state index contributed by atoms with van der Waals surface area (Å²) in [4.78, 5) is 1.40. The topological polar surface area (TPSA) is 12.0 Å². The number of rotatable bonds is 8. The van der Waals surface area contributed by atoms with Crippen molar-refractivity contribution in [2.45, 2.75) is 43.0 Å². The maximum atomic E-state index is 3.47. The molecule has 2 rings (SSSR count). The van der Waals surface area contributed by atoms with Gasteiger partial charge in [0.05, 0.1) is 0 Å². The minimum absolute atomic E-state index is 0.789. The SMILES string of the molecule is CNC(CCCCSc1ccccc1)C1CC1. The molecule has 0 aromatic heterocycles. The molecule has 0 amide bonds. The van der Waals surface area contributed by atoms with E-state index < -0.39 is 0 Å². The standard InChI is InChI=1S/C15H23NS/c1-16-15(13-10-11-13)9-5-6-12-17-14-7-3-2-4-8-14/h2-4,7-8,13,15-16H,5-6,9-12H2,1H3. The van der Waals surface area contributed by atoms with Gasteiger partial charge in [-0.05, 0) is 56.5 Å². The third kappa shape index (κ3) is 4.72. The smallest absolute Gasteiger partial charge is 0.00923 e. The Morgan fingerprint density at radius 3 is 2.65 bits per heavy atom. The Hall–Kier alpha value is -0.470. The van der Waals surface area contributed by atoms with Crippen LogP contribution in [0.1, 0.15) is 32.1 Å². The largest absolute Gasteiger partial charge is 0.317 e. The van der Waals surface area contributed by atoms with Crippen LogP contribution in [-0.4, -0.2) is 18.8 Å². The summed E-state index contributed by atoms with van der Waals surface area (Å²) in [7, 11) is 2.11. The van der Waals surface area contributed by atoms with Crippen LogP contribution in [0.4, 0.5) is 0 Å². The lowest BCUT2D eigenvalue weighted by atomic mass is 10.1. The first-order valence-electron chi connectivity index (χ1n) is 6.75. The van der Waals surface area contributed by atoms with Crippen LogP contribution in [-0.2, 0) is 0 Å². The average Bonchev–Trinajstić information content (AvgIpc) is 3.19. The van der Waals surface area contributed by atoms with Gasteiger partial charge in [-0.25, -0.2) is 0 Å². The van der Waals surface area contributed by atoms with Crippen molar-refractivity contribution in [2.75, 3.05) is 12.8 Å². The molecule has 0 heterocycles. The second-order valence-electron chi connectivity index (χ2n) is 4.89. The van der Waals surface area contributed by atoms with Crippen LogP contribution in [0.5, 0.6) is 0 Å². The lowest BCUT2D eigenvalue weighted by Gasteiger charge is -2.14. The second kappa shape index (κ2) is 7.07. The van der Waals surface area contributed by atoms with Gasteiger partial charge in [0.1, 0.15) is 0 Å². The zero-order valence-electron chi connectivity index (χ0n) is 10.7. The fourth-order valence-corrected chi connectivity index (χ4v) is 3.22. The van der Waals surface area contributed by atoms with E-state index in [2.05, 4.69) is 42.7 Å². The summed E-state index contributed by atoms with van der Waals surface area (Å²) in [6.07, 6.45) is 6.96. The van der Waals surface area contributed by atoms with Gasteiger partial charge in [-0.15, -0.1) is 11.8 Å². The van der Waals surface area contributed by atoms with Crippen molar-refractivity contribution in [3.8, 4) is 0 Å². The quantitative estimate of drug-likeness (QED) is 0.553. The molecule has 0 radical (unpaired) electrons. The molecule has 0 bridgehead atoms. The Bertz CT molecular complexity index is 308. The van der Waals surface area contributed by atoms with Crippen LogP contribution in [0.2, 0.25) is 0 Å². The van der Waals surface area contributed by atoms with E-state index in [1.807, 2.05) is 11.8 Å². The monoisotopic (exact) mass is 249 g/mol.